The van der Waals surface area contributed by atoms with Gasteiger partial charge in [0.15, 0.2) is 11.5 Å². The van der Waals surface area contributed by atoms with Crippen molar-refractivity contribution in [1.82, 2.24) is 9.13 Å². The zero-order chi connectivity index (χ0) is 22.3. The van der Waals surface area contributed by atoms with E-state index in [9.17, 15) is 9.90 Å². The largest absolute Gasteiger partial charge is 0.493 e. The van der Waals surface area contributed by atoms with Gasteiger partial charge in [0.1, 0.15) is 5.49 Å². The molecule has 0 saturated carbocycles. The lowest BCUT2D eigenvalue weighted by atomic mass is 9.97. The average Bonchev–Trinajstić information content (AvgIpc) is 2.77. The van der Waals surface area contributed by atoms with E-state index in [1.165, 1.54) is 0 Å². The molecule has 2 aromatic carbocycles. The number of ether oxygens (including phenoxy) is 2. The van der Waals surface area contributed by atoms with Gasteiger partial charge in [0.25, 0.3) is 0 Å². The Bertz CT molecular complexity index is 1280. The van der Waals surface area contributed by atoms with Crippen molar-refractivity contribution in [2.75, 3.05) is 14.2 Å². The van der Waals surface area contributed by atoms with Gasteiger partial charge in [-0.05, 0) is 54.7 Å². The maximum Gasteiger partial charge on any atom is 0.329 e. The van der Waals surface area contributed by atoms with Crippen LogP contribution in [0, 0.1) is 13.8 Å². The van der Waals surface area contributed by atoms with Gasteiger partial charge in [0.2, 0.25) is 0 Å². The predicted molar refractivity (Wildman–Crippen MR) is 119 cm³/mol. The van der Waals surface area contributed by atoms with E-state index in [0.717, 1.165) is 45.6 Å². The molecule has 1 aromatic heterocycles. The molecule has 162 valence electrons. The minimum absolute atomic E-state index is 0.0159. The number of aliphatic hydroxyl groups is 1. The quantitative estimate of drug-likeness (QED) is 0.703. The van der Waals surface area contributed by atoms with Crippen molar-refractivity contribution in [3.8, 4) is 22.8 Å². The van der Waals surface area contributed by atoms with Gasteiger partial charge < -0.3 is 14.6 Å². The molecule has 1 aliphatic heterocycles. The van der Waals surface area contributed by atoms with Gasteiger partial charge in [-0.3, -0.25) is 9.13 Å². The molecule has 1 N–H and O–H groups in total. The first-order valence-electron chi connectivity index (χ1n) is 10.2. The van der Waals surface area contributed by atoms with Gasteiger partial charge in [-0.15, -0.1) is 0 Å². The Kier molecular flexibility index (Phi) is 5.45. The van der Waals surface area contributed by atoms with Gasteiger partial charge in [-0.25, -0.2) is 9.79 Å². The summed E-state index contributed by atoms with van der Waals surface area (Å²) in [4.78, 5) is 18.0. The van der Waals surface area contributed by atoms with E-state index in [1.807, 2.05) is 44.2 Å². The molecule has 0 atom stereocenters. The summed E-state index contributed by atoms with van der Waals surface area (Å²) < 4.78 is 14.3. The molecular weight excluding hydrogens is 394 g/mol. The minimum atomic E-state index is -0.112. The van der Waals surface area contributed by atoms with Crippen molar-refractivity contribution in [2.24, 2.45) is 12.0 Å². The van der Waals surface area contributed by atoms with Crippen molar-refractivity contribution in [2.45, 2.75) is 33.4 Å². The number of methoxy groups -OCH3 is 2. The number of hydrogen-bond donors (Lipinski definition) is 1. The fourth-order valence-corrected chi connectivity index (χ4v) is 4.25. The number of rotatable bonds is 4. The molecule has 0 radical (unpaired) electrons. The van der Waals surface area contributed by atoms with Crippen LogP contribution in [0.25, 0.3) is 11.3 Å². The topological polar surface area (TPSA) is 78.0 Å². The zero-order valence-corrected chi connectivity index (χ0v) is 18.5. The molecule has 31 heavy (non-hydrogen) atoms. The third kappa shape index (κ3) is 3.55. The maximum atomic E-state index is 13.2. The van der Waals surface area contributed by atoms with Crippen LogP contribution >= 0.6 is 0 Å². The summed E-state index contributed by atoms with van der Waals surface area (Å²) in [5, 5.41) is 9.46. The summed E-state index contributed by atoms with van der Waals surface area (Å²) in [7, 11) is 4.97. The van der Waals surface area contributed by atoms with E-state index in [4.69, 9.17) is 14.5 Å². The molecule has 4 rings (SSSR count). The highest BCUT2D eigenvalue weighted by molar-refractivity contribution is 5.70. The molecule has 2 heterocycles. The summed E-state index contributed by atoms with van der Waals surface area (Å²) in [5.41, 5.74) is 6.88. The van der Waals surface area contributed by atoms with Gasteiger partial charge >= 0.3 is 5.69 Å². The third-order valence-corrected chi connectivity index (χ3v) is 5.87. The molecule has 0 amide bonds. The van der Waals surface area contributed by atoms with Crippen LogP contribution in [0.2, 0.25) is 0 Å². The van der Waals surface area contributed by atoms with Crippen molar-refractivity contribution >= 4 is 5.69 Å². The highest BCUT2D eigenvalue weighted by Gasteiger charge is 2.21. The number of aliphatic hydroxyl groups excluding tert-OH is 1. The fourth-order valence-electron chi connectivity index (χ4n) is 4.25. The smallest absolute Gasteiger partial charge is 0.329 e. The first-order valence-corrected chi connectivity index (χ1v) is 10.2. The number of hydrogen-bond acceptors (Lipinski definition) is 5. The Hall–Kier alpha value is -3.32. The van der Waals surface area contributed by atoms with Gasteiger partial charge in [0.05, 0.1) is 32.2 Å². The Morgan fingerprint density at radius 2 is 1.68 bits per heavy atom. The Morgan fingerprint density at radius 3 is 2.29 bits per heavy atom. The van der Waals surface area contributed by atoms with Crippen LogP contribution in [0.15, 0.2) is 40.1 Å². The van der Waals surface area contributed by atoms with Crippen LogP contribution in [-0.2, 0) is 26.6 Å². The molecule has 0 aliphatic carbocycles. The molecule has 1 aliphatic rings. The highest BCUT2D eigenvalue weighted by atomic mass is 16.5. The van der Waals surface area contributed by atoms with E-state index in [1.54, 1.807) is 30.4 Å². The summed E-state index contributed by atoms with van der Waals surface area (Å²) in [6.45, 7) is 4.50. The first-order chi connectivity index (χ1) is 14.9. The van der Waals surface area contributed by atoms with E-state index in [0.29, 0.717) is 23.5 Å². The van der Waals surface area contributed by atoms with Crippen molar-refractivity contribution in [3.05, 3.63) is 68.6 Å². The van der Waals surface area contributed by atoms with Crippen LogP contribution in [0.4, 0.5) is 5.69 Å². The second-order valence-electron chi connectivity index (χ2n) is 7.84. The summed E-state index contributed by atoms with van der Waals surface area (Å²) in [5.74, 6) is 1.30. The summed E-state index contributed by atoms with van der Waals surface area (Å²) in [6, 6.07) is 9.69. The molecule has 0 saturated heterocycles. The van der Waals surface area contributed by atoms with Crippen LogP contribution in [0.3, 0.4) is 0 Å². The molecule has 0 spiro atoms. The van der Waals surface area contributed by atoms with Crippen molar-refractivity contribution in [3.63, 3.8) is 0 Å². The highest BCUT2D eigenvalue weighted by Crippen LogP contribution is 2.37. The molecule has 7 heteroatoms. The monoisotopic (exact) mass is 421 g/mol. The third-order valence-electron chi connectivity index (χ3n) is 5.87. The number of benzene rings is 2. The molecule has 0 fully saturated rings. The van der Waals surface area contributed by atoms with E-state index in [2.05, 4.69) is 0 Å². The number of aromatic nitrogens is 2. The lowest BCUT2D eigenvalue weighted by Crippen LogP contribution is -2.40. The normalized spacial score (nSPS) is 13.0. The van der Waals surface area contributed by atoms with Crippen molar-refractivity contribution < 1.29 is 14.6 Å². The van der Waals surface area contributed by atoms with Crippen molar-refractivity contribution in [1.29, 1.82) is 0 Å². The van der Waals surface area contributed by atoms with Crippen LogP contribution in [-0.4, -0.2) is 28.5 Å². The first kappa shape index (κ1) is 20.9. The summed E-state index contributed by atoms with van der Waals surface area (Å²) in [6.07, 6.45) is 0.736. The zero-order valence-electron chi connectivity index (χ0n) is 18.5. The second kappa shape index (κ2) is 8.07. The lowest BCUT2D eigenvalue weighted by molar-refractivity contribution is 0.281. The molecule has 0 bridgehead atoms. The Labute approximate surface area is 180 Å². The fraction of sp³-hybridized carbons (Fsp3) is 0.333. The van der Waals surface area contributed by atoms with Crippen LogP contribution < -0.4 is 20.7 Å². The number of aryl methyl sites for hydroxylation is 3. The standard InChI is InChI=1S/C24H27N3O4/c1-14-8-16(13-28)9-15(2)23(14)25-22-12-19-18-11-21(31-5)20(30-4)10-17(18)6-7-27(19)24(29)26(22)3/h8-12,28H,6-7,13H2,1-5H3. The van der Waals surface area contributed by atoms with Gasteiger partial charge in [-0.2, -0.15) is 0 Å². The molecule has 0 unspecified atom stereocenters. The Morgan fingerprint density at radius 1 is 1.03 bits per heavy atom. The van der Waals surface area contributed by atoms with Gasteiger partial charge in [-0.1, -0.05) is 12.1 Å². The van der Waals surface area contributed by atoms with E-state index in [-0.39, 0.29) is 12.3 Å². The molecular formula is C24H27N3O4. The number of nitrogens with zero attached hydrogens (tertiary/aromatic N) is 3. The SMILES string of the molecule is COc1cc2c(cc1OC)-c1cc(=Nc3c(C)cc(CO)cc3C)n(C)c(=O)n1CC2. The van der Waals surface area contributed by atoms with Crippen LogP contribution in [0.1, 0.15) is 22.3 Å². The average molecular weight is 421 g/mol. The van der Waals surface area contributed by atoms with Gasteiger partial charge in [0, 0.05) is 25.2 Å². The minimum Gasteiger partial charge on any atom is -0.493 e. The molecule has 7 nitrogen and oxygen atoms in total. The van der Waals surface area contributed by atoms with E-state index >= 15 is 0 Å². The van der Waals surface area contributed by atoms with Crippen LogP contribution in [0.5, 0.6) is 11.5 Å². The molecule has 3 aromatic rings. The van der Waals surface area contributed by atoms with E-state index < -0.39 is 0 Å². The maximum absolute atomic E-state index is 13.2. The second-order valence-corrected chi connectivity index (χ2v) is 7.84. The predicted octanol–water partition coefficient (Wildman–Crippen LogP) is 2.77. The number of fused-ring (bicyclic) bond motifs is 3. The lowest BCUT2D eigenvalue weighted by Gasteiger charge is -2.24. The Balaban J connectivity index is 1.97. The summed E-state index contributed by atoms with van der Waals surface area (Å²) >= 11 is 0.